The zero-order valence-electron chi connectivity index (χ0n) is 13.6. The zero-order chi connectivity index (χ0) is 17.2. The largest absolute Gasteiger partial charge is 0.493 e. The molecule has 5 nitrogen and oxygen atoms in total. The number of hydrogen-bond acceptors (Lipinski definition) is 4. The fourth-order valence-corrected chi connectivity index (χ4v) is 1.96. The molecule has 0 atom stereocenters. The molecular weight excluding hydrogens is 304 g/mol. The van der Waals surface area contributed by atoms with Crippen molar-refractivity contribution in [3.8, 4) is 11.5 Å². The van der Waals surface area contributed by atoms with Gasteiger partial charge in [-0.1, -0.05) is 24.8 Å². The van der Waals surface area contributed by atoms with E-state index in [0.29, 0.717) is 24.5 Å². The summed E-state index contributed by atoms with van der Waals surface area (Å²) in [6.07, 6.45) is 3.22. The zero-order valence-corrected chi connectivity index (χ0v) is 13.6. The van der Waals surface area contributed by atoms with Crippen LogP contribution in [0.2, 0.25) is 0 Å². The van der Waals surface area contributed by atoms with Crippen molar-refractivity contribution >= 4 is 12.1 Å². The average molecular weight is 324 g/mol. The molecule has 124 valence electrons. The van der Waals surface area contributed by atoms with Gasteiger partial charge in [-0.05, 0) is 43.3 Å². The summed E-state index contributed by atoms with van der Waals surface area (Å²) < 4.78 is 10.9. The Morgan fingerprint density at radius 2 is 1.92 bits per heavy atom. The summed E-state index contributed by atoms with van der Waals surface area (Å²) >= 11 is 0. The Morgan fingerprint density at radius 1 is 1.17 bits per heavy atom. The predicted octanol–water partition coefficient (Wildman–Crippen LogP) is 3.41. The second-order valence-corrected chi connectivity index (χ2v) is 4.79. The van der Waals surface area contributed by atoms with E-state index in [9.17, 15) is 4.79 Å². The highest BCUT2D eigenvalue weighted by Crippen LogP contribution is 2.15. The van der Waals surface area contributed by atoms with Crippen LogP contribution >= 0.6 is 0 Å². The molecule has 24 heavy (non-hydrogen) atoms. The molecule has 0 aliphatic heterocycles. The smallest absolute Gasteiger partial charge is 0.271 e. The van der Waals surface area contributed by atoms with E-state index >= 15 is 0 Å². The van der Waals surface area contributed by atoms with Crippen molar-refractivity contribution in [3.63, 3.8) is 0 Å². The van der Waals surface area contributed by atoms with Crippen molar-refractivity contribution in [2.75, 3.05) is 13.2 Å². The number of carbonyl (C=O) groups excluding carboxylic acids is 1. The maximum absolute atomic E-state index is 12.1. The van der Waals surface area contributed by atoms with Gasteiger partial charge in [-0.2, -0.15) is 5.10 Å². The highest BCUT2D eigenvalue weighted by atomic mass is 16.5. The summed E-state index contributed by atoms with van der Waals surface area (Å²) in [5.41, 5.74) is 3.79. The van der Waals surface area contributed by atoms with Crippen LogP contribution in [-0.2, 0) is 0 Å². The topological polar surface area (TPSA) is 59.9 Å². The molecule has 0 bridgehead atoms. The monoisotopic (exact) mass is 324 g/mol. The van der Waals surface area contributed by atoms with Gasteiger partial charge in [0.1, 0.15) is 18.1 Å². The third-order valence-corrected chi connectivity index (χ3v) is 3.07. The van der Waals surface area contributed by atoms with Gasteiger partial charge in [0.15, 0.2) is 0 Å². The number of ether oxygens (including phenoxy) is 2. The van der Waals surface area contributed by atoms with E-state index in [1.165, 1.54) is 0 Å². The Kier molecular flexibility index (Phi) is 6.58. The molecule has 1 amide bonds. The molecule has 0 aliphatic carbocycles. The number of nitrogens with one attached hydrogen (secondary N) is 1. The van der Waals surface area contributed by atoms with E-state index < -0.39 is 0 Å². The average Bonchev–Trinajstić information content (AvgIpc) is 2.62. The lowest BCUT2D eigenvalue weighted by atomic mass is 10.2. The van der Waals surface area contributed by atoms with Crippen molar-refractivity contribution in [3.05, 3.63) is 72.3 Å². The number of para-hydroxylation sites is 1. The second kappa shape index (κ2) is 9.15. The summed E-state index contributed by atoms with van der Waals surface area (Å²) in [6.45, 7) is 6.49. The molecule has 1 N–H and O–H groups in total. The molecule has 2 rings (SSSR count). The predicted molar refractivity (Wildman–Crippen MR) is 94.8 cm³/mol. The van der Waals surface area contributed by atoms with Gasteiger partial charge in [0.2, 0.25) is 0 Å². The minimum Gasteiger partial charge on any atom is -0.493 e. The lowest BCUT2D eigenvalue weighted by Crippen LogP contribution is -2.17. The Hall–Kier alpha value is -3.08. The highest BCUT2D eigenvalue weighted by molar-refractivity contribution is 5.95. The van der Waals surface area contributed by atoms with E-state index in [0.717, 1.165) is 11.3 Å². The van der Waals surface area contributed by atoms with Crippen LogP contribution in [-0.4, -0.2) is 25.3 Å². The normalized spacial score (nSPS) is 10.4. The van der Waals surface area contributed by atoms with Gasteiger partial charge in [-0.15, -0.1) is 0 Å². The second-order valence-electron chi connectivity index (χ2n) is 4.79. The van der Waals surface area contributed by atoms with E-state index in [2.05, 4.69) is 17.1 Å². The fourth-order valence-electron chi connectivity index (χ4n) is 1.96. The Bertz CT molecular complexity index is 709. The van der Waals surface area contributed by atoms with Gasteiger partial charge in [0.05, 0.1) is 12.8 Å². The first kappa shape index (κ1) is 17.3. The minimum absolute atomic E-state index is 0.296. The number of hydrazone groups is 1. The van der Waals surface area contributed by atoms with Gasteiger partial charge in [0.25, 0.3) is 5.91 Å². The maximum Gasteiger partial charge on any atom is 0.271 e. The van der Waals surface area contributed by atoms with Crippen molar-refractivity contribution in [2.24, 2.45) is 5.10 Å². The molecule has 0 aliphatic rings. The Balaban J connectivity index is 1.96. The quantitative estimate of drug-likeness (QED) is 0.460. The van der Waals surface area contributed by atoms with E-state index in [1.807, 2.05) is 31.2 Å². The van der Waals surface area contributed by atoms with E-state index in [-0.39, 0.29) is 5.91 Å². The first-order valence-electron chi connectivity index (χ1n) is 7.63. The number of nitrogens with zero attached hydrogens (tertiary/aromatic N) is 1. The van der Waals surface area contributed by atoms with Crippen molar-refractivity contribution < 1.29 is 14.3 Å². The third-order valence-electron chi connectivity index (χ3n) is 3.07. The molecule has 0 fully saturated rings. The molecule has 2 aromatic rings. The summed E-state index contributed by atoms with van der Waals surface area (Å²) in [4.78, 5) is 12.1. The molecule has 0 radical (unpaired) electrons. The molecule has 0 aromatic heterocycles. The number of benzene rings is 2. The van der Waals surface area contributed by atoms with Crippen LogP contribution in [0.4, 0.5) is 0 Å². The van der Waals surface area contributed by atoms with Crippen LogP contribution in [0.5, 0.6) is 11.5 Å². The molecule has 0 unspecified atom stereocenters. The van der Waals surface area contributed by atoms with Gasteiger partial charge in [-0.25, -0.2) is 5.43 Å². The van der Waals surface area contributed by atoms with E-state index in [1.54, 1.807) is 36.6 Å². The summed E-state index contributed by atoms with van der Waals surface area (Å²) in [5.74, 6) is 1.11. The van der Waals surface area contributed by atoms with Gasteiger partial charge < -0.3 is 9.47 Å². The number of hydrogen-bond donors (Lipinski definition) is 1. The summed E-state index contributed by atoms with van der Waals surface area (Å²) in [7, 11) is 0. The minimum atomic E-state index is -0.296. The number of amides is 1. The number of carbonyl (C=O) groups is 1. The van der Waals surface area contributed by atoms with Crippen LogP contribution in [0.15, 0.2) is 66.3 Å². The SMILES string of the molecule is C=CCOc1ccc(C(=O)NN=Cc2ccccc2OCC)cc1. The van der Waals surface area contributed by atoms with E-state index in [4.69, 9.17) is 9.47 Å². The van der Waals surface area contributed by atoms with Crippen molar-refractivity contribution in [1.29, 1.82) is 0 Å². The lowest BCUT2D eigenvalue weighted by molar-refractivity contribution is 0.0955. The summed E-state index contributed by atoms with van der Waals surface area (Å²) in [6, 6.07) is 14.3. The van der Waals surface area contributed by atoms with Gasteiger partial charge in [-0.3, -0.25) is 4.79 Å². The van der Waals surface area contributed by atoms with Gasteiger partial charge in [0, 0.05) is 11.1 Å². The molecule has 2 aromatic carbocycles. The highest BCUT2D eigenvalue weighted by Gasteiger charge is 2.04. The molecule has 0 saturated carbocycles. The fraction of sp³-hybridized carbons (Fsp3) is 0.158. The maximum atomic E-state index is 12.1. The molecule has 0 heterocycles. The molecule has 0 spiro atoms. The summed E-state index contributed by atoms with van der Waals surface area (Å²) in [5, 5.41) is 3.98. The van der Waals surface area contributed by atoms with Crippen molar-refractivity contribution in [2.45, 2.75) is 6.92 Å². The van der Waals surface area contributed by atoms with Crippen LogP contribution in [0.25, 0.3) is 0 Å². The molecular formula is C19H20N2O3. The first-order valence-corrected chi connectivity index (χ1v) is 7.63. The van der Waals surface area contributed by atoms with Gasteiger partial charge >= 0.3 is 0 Å². The van der Waals surface area contributed by atoms with Crippen LogP contribution < -0.4 is 14.9 Å². The van der Waals surface area contributed by atoms with Crippen LogP contribution in [0, 0.1) is 0 Å². The Labute approximate surface area is 141 Å². The van der Waals surface area contributed by atoms with Crippen molar-refractivity contribution in [1.82, 2.24) is 5.43 Å². The molecule has 0 saturated heterocycles. The third kappa shape index (κ3) is 4.98. The molecule has 5 heteroatoms. The van der Waals surface area contributed by atoms with Crippen LogP contribution in [0.1, 0.15) is 22.8 Å². The lowest BCUT2D eigenvalue weighted by Gasteiger charge is -2.06. The standard InChI is InChI=1S/C19H20N2O3/c1-3-13-24-17-11-9-15(10-12-17)19(22)21-20-14-16-7-5-6-8-18(16)23-4-2/h3,5-12,14H,1,4,13H2,2H3,(H,21,22). The number of rotatable bonds is 8. The first-order chi connectivity index (χ1) is 11.7. The Morgan fingerprint density at radius 3 is 2.62 bits per heavy atom. The van der Waals surface area contributed by atoms with Crippen LogP contribution in [0.3, 0.4) is 0 Å².